The second kappa shape index (κ2) is 10.8. The minimum atomic E-state index is -0.655. The lowest BCUT2D eigenvalue weighted by molar-refractivity contribution is 0.859. The molecule has 45 heavy (non-hydrogen) atoms. The van der Waals surface area contributed by atoms with Gasteiger partial charge in [0, 0.05) is 22.9 Å². The molecular weight excluding hydrogens is 581 g/mol. The normalized spacial score (nSPS) is 14.0. The van der Waals surface area contributed by atoms with Crippen LogP contribution in [0.1, 0.15) is 33.7 Å². The molecule has 0 radical (unpaired) electrons. The minimum Gasteiger partial charge on any atom is -0.397 e. The topological polar surface area (TPSA) is 152 Å². The quantitative estimate of drug-likeness (QED) is 0.307. The van der Waals surface area contributed by atoms with Gasteiger partial charge in [0.15, 0.2) is 0 Å². The third-order valence-electron chi connectivity index (χ3n) is 7.87. The van der Waals surface area contributed by atoms with E-state index in [0.717, 1.165) is 27.9 Å². The van der Waals surface area contributed by atoms with Gasteiger partial charge in [0.1, 0.15) is 27.9 Å². The lowest BCUT2D eigenvalue weighted by atomic mass is 9.82. The van der Waals surface area contributed by atoms with Crippen LogP contribution in [-0.2, 0) is 0 Å². The smallest absolute Gasteiger partial charge is 0.274 e. The molecule has 0 bridgehead atoms. The van der Waals surface area contributed by atoms with Crippen LogP contribution < -0.4 is 26.2 Å². The van der Waals surface area contributed by atoms with Crippen LogP contribution in [0.3, 0.4) is 0 Å². The Bertz CT molecular complexity index is 2390. The van der Waals surface area contributed by atoms with Crippen LogP contribution in [0, 0.1) is 29.6 Å². The first-order valence-corrected chi connectivity index (χ1v) is 14.9. The number of aromatic nitrogens is 4. The van der Waals surface area contributed by atoms with Gasteiger partial charge in [-0.25, -0.2) is 14.2 Å². The second-order valence-electron chi connectivity index (χ2n) is 10.6. The molecule has 1 aliphatic rings. The number of rotatable bonds is 4. The Balaban J connectivity index is 1.54. The van der Waals surface area contributed by atoms with Crippen molar-refractivity contribution in [2.75, 3.05) is 11.5 Å². The summed E-state index contributed by atoms with van der Waals surface area (Å²) in [6.07, 6.45) is 3.67. The van der Waals surface area contributed by atoms with E-state index in [1.165, 1.54) is 15.9 Å². The van der Waals surface area contributed by atoms with Gasteiger partial charge in [-0.2, -0.15) is 15.6 Å². The molecule has 10 heteroatoms. The van der Waals surface area contributed by atoms with E-state index in [0.29, 0.717) is 26.0 Å². The monoisotopic (exact) mass is 604 g/mol. The average molecular weight is 605 g/mol. The molecule has 1 aliphatic heterocycles. The molecule has 4 heterocycles. The first kappa shape index (κ1) is 27.6. The van der Waals surface area contributed by atoms with Crippen molar-refractivity contribution in [1.82, 2.24) is 19.3 Å². The number of anilines is 2. The van der Waals surface area contributed by atoms with Gasteiger partial charge in [-0.05, 0) is 30.7 Å². The van der Waals surface area contributed by atoms with Crippen molar-refractivity contribution in [1.29, 1.82) is 10.5 Å². The first-order valence-electron chi connectivity index (χ1n) is 14.0. The fourth-order valence-corrected chi connectivity index (χ4v) is 6.80. The summed E-state index contributed by atoms with van der Waals surface area (Å²) in [6.45, 7) is 1.97. The standard InChI is InChI=1S/C35H24N8OS/c1-20-12-14-21(15-13-20)28-25(17-36)35-43(33-29(28)30(38)26(18-37)32(39)40-33)34(44)27(45-35)16-23-19-42(24-10-6-3-7-11-24)41-31(23)22-8-4-2-5-9-22/h2-16,19,28H,1H3,(H4,38,39,40)/b27-16+. The fraction of sp³-hybridized carbons (Fsp3) is 0.0571. The summed E-state index contributed by atoms with van der Waals surface area (Å²) in [7, 11) is 0. The van der Waals surface area contributed by atoms with Gasteiger partial charge in [0.25, 0.3) is 5.56 Å². The third kappa shape index (κ3) is 4.49. The molecule has 7 rings (SSSR count). The van der Waals surface area contributed by atoms with E-state index in [4.69, 9.17) is 16.6 Å². The highest BCUT2D eigenvalue weighted by Gasteiger charge is 2.35. The number of para-hydroxylation sites is 1. The summed E-state index contributed by atoms with van der Waals surface area (Å²) >= 11 is 1.20. The molecule has 0 aliphatic carbocycles. The van der Waals surface area contributed by atoms with Crippen molar-refractivity contribution in [2.24, 2.45) is 0 Å². The Labute approximate surface area is 261 Å². The first-order chi connectivity index (χ1) is 21.9. The number of hydrogen-bond acceptors (Lipinski definition) is 8. The second-order valence-corrected chi connectivity index (χ2v) is 11.7. The summed E-state index contributed by atoms with van der Waals surface area (Å²) in [5.41, 5.74) is 18.2. The molecular formula is C35H24N8OS. The number of nitrogens with zero attached hydrogens (tertiary/aromatic N) is 6. The van der Waals surface area contributed by atoms with E-state index < -0.39 is 5.92 Å². The van der Waals surface area contributed by atoms with Gasteiger partial charge in [0.05, 0.1) is 39.2 Å². The molecule has 0 spiro atoms. The molecule has 0 saturated heterocycles. The zero-order valence-corrected chi connectivity index (χ0v) is 24.8. The third-order valence-corrected chi connectivity index (χ3v) is 8.97. The Hall–Kier alpha value is -6.23. The average Bonchev–Trinajstić information content (AvgIpc) is 3.63. The van der Waals surface area contributed by atoms with Crippen molar-refractivity contribution in [3.63, 3.8) is 0 Å². The highest BCUT2D eigenvalue weighted by molar-refractivity contribution is 7.07. The van der Waals surface area contributed by atoms with Crippen LogP contribution in [0.15, 0.2) is 95.9 Å². The van der Waals surface area contributed by atoms with Gasteiger partial charge < -0.3 is 11.5 Å². The van der Waals surface area contributed by atoms with Crippen LogP contribution in [0.2, 0.25) is 0 Å². The maximum Gasteiger partial charge on any atom is 0.274 e. The number of thiazole rings is 1. The van der Waals surface area contributed by atoms with Crippen LogP contribution in [0.4, 0.5) is 11.5 Å². The SMILES string of the molecule is Cc1ccc(C2C(C#N)=c3s/c(=C/c4cn(-c5ccccc5)nc4-c4ccccc4)c(=O)n3-c3nc(N)c(C#N)c(N)c32)cc1. The number of nitrogen functional groups attached to an aromatic ring is 2. The maximum atomic E-state index is 14.2. The molecule has 1 unspecified atom stereocenters. The molecule has 216 valence electrons. The zero-order valence-electron chi connectivity index (χ0n) is 24.0. The van der Waals surface area contributed by atoms with Gasteiger partial charge in [-0.3, -0.25) is 4.79 Å². The minimum absolute atomic E-state index is 0.0162. The predicted octanol–water partition coefficient (Wildman–Crippen LogP) is 4.14. The molecule has 3 aromatic carbocycles. The highest BCUT2D eigenvalue weighted by Crippen LogP contribution is 2.42. The molecule has 1 atom stereocenters. The Kier molecular flexibility index (Phi) is 6.62. The van der Waals surface area contributed by atoms with Crippen molar-refractivity contribution >= 4 is 34.5 Å². The van der Waals surface area contributed by atoms with E-state index in [2.05, 4.69) is 11.1 Å². The van der Waals surface area contributed by atoms with Gasteiger partial charge in [0.2, 0.25) is 0 Å². The Morgan fingerprint density at radius 1 is 0.933 bits per heavy atom. The van der Waals surface area contributed by atoms with Crippen molar-refractivity contribution in [3.05, 3.63) is 138 Å². The summed E-state index contributed by atoms with van der Waals surface area (Å²) in [5.74, 6) is -0.521. The molecule has 9 nitrogen and oxygen atoms in total. The lowest BCUT2D eigenvalue weighted by Gasteiger charge is -2.26. The van der Waals surface area contributed by atoms with E-state index in [1.54, 1.807) is 10.8 Å². The number of pyridine rings is 1. The van der Waals surface area contributed by atoms with Crippen LogP contribution in [0.25, 0.3) is 34.4 Å². The molecule has 3 aromatic heterocycles. The van der Waals surface area contributed by atoms with Crippen LogP contribution in [-0.4, -0.2) is 19.3 Å². The molecule has 6 aromatic rings. The van der Waals surface area contributed by atoms with E-state index in [-0.39, 0.29) is 28.4 Å². The largest absolute Gasteiger partial charge is 0.397 e. The van der Waals surface area contributed by atoms with Gasteiger partial charge in [-0.15, -0.1) is 11.3 Å². The zero-order chi connectivity index (χ0) is 31.2. The number of benzene rings is 3. The number of nitriles is 2. The molecule has 4 N–H and O–H groups in total. The Morgan fingerprint density at radius 2 is 1.62 bits per heavy atom. The predicted molar refractivity (Wildman–Crippen MR) is 175 cm³/mol. The van der Waals surface area contributed by atoms with Crippen molar-refractivity contribution in [3.8, 4) is 34.9 Å². The highest BCUT2D eigenvalue weighted by atomic mass is 32.1. The van der Waals surface area contributed by atoms with Crippen molar-refractivity contribution in [2.45, 2.75) is 12.8 Å². The van der Waals surface area contributed by atoms with E-state index >= 15 is 0 Å². The molecule has 0 fully saturated rings. The maximum absolute atomic E-state index is 14.2. The van der Waals surface area contributed by atoms with Crippen LogP contribution >= 0.6 is 11.3 Å². The molecule has 0 saturated carbocycles. The lowest BCUT2D eigenvalue weighted by Crippen LogP contribution is -2.36. The van der Waals surface area contributed by atoms with Crippen molar-refractivity contribution < 1.29 is 0 Å². The molecule has 0 amide bonds. The van der Waals surface area contributed by atoms with E-state index in [9.17, 15) is 15.3 Å². The summed E-state index contributed by atoms with van der Waals surface area (Å²) in [4.78, 5) is 18.8. The summed E-state index contributed by atoms with van der Waals surface area (Å²) < 4.78 is 3.98. The summed E-state index contributed by atoms with van der Waals surface area (Å²) in [6, 6.07) is 31.6. The fourth-order valence-electron chi connectivity index (χ4n) is 5.69. The Morgan fingerprint density at radius 3 is 2.29 bits per heavy atom. The van der Waals surface area contributed by atoms with Gasteiger partial charge in [-0.1, -0.05) is 78.4 Å². The number of nitrogens with two attached hydrogens (primary N) is 2. The number of fused-ring (bicyclic) bond motifs is 3. The number of hydrogen-bond donors (Lipinski definition) is 2. The number of aryl methyl sites for hydroxylation is 1. The van der Waals surface area contributed by atoms with Crippen LogP contribution in [0.5, 0.6) is 0 Å². The summed E-state index contributed by atoms with van der Waals surface area (Å²) in [5, 5.41) is 25.3. The van der Waals surface area contributed by atoms with E-state index in [1.807, 2.05) is 104 Å². The van der Waals surface area contributed by atoms with Gasteiger partial charge >= 0.3 is 0 Å².